The van der Waals surface area contributed by atoms with Gasteiger partial charge in [0.25, 0.3) is 0 Å². The van der Waals surface area contributed by atoms with Gasteiger partial charge in [-0.2, -0.15) is 8.78 Å². The normalized spacial score (nSPS) is 17.7. The van der Waals surface area contributed by atoms with E-state index in [1.165, 1.54) is 6.07 Å². The number of nitrogens with zero attached hydrogens (tertiary/aromatic N) is 1. The smallest absolute Gasteiger partial charge is 0.387 e. The number of ether oxygens (including phenoxy) is 1. The number of rotatable bonds is 6. The summed E-state index contributed by atoms with van der Waals surface area (Å²) in [5.41, 5.74) is 6.43. The lowest BCUT2D eigenvalue weighted by Gasteiger charge is -2.27. The highest BCUT2D eigenvalue weighted by atomic mass is 35.5. The Kier molecular flexibility index (Phi) is 9.14. The average Bonchev–Trinajstić information content (AvgIpc) is 3.10. The predicted molar refractivity (Wildman–Crippen MR) is 114 cm³/mol. The molecule has 0 spiro atoms. The molecular weight excluding hydrogens is 423 g/mol. The number of halogens is 4. The molecule has 5 nitrogen and oxygen atoms in total. The summed E-state index contributed by atoms with van der Waals surface area (Å²) in [4.78, 5) is 14.6. The first kappa shape index (κ1) is 24.9. The fourth-order valence-corrected chi connectivity index (χ4v) is 3.26. The highest BCUT2D eigenvalue weighted by Gasteiger charge is 2.34. The Bertz CT molecular complexity index is 794. The van der Waals surface area contributed by atoms with Crippen LogP contribution in [0.5, 0.6) is 5.75 Å². The minimum atomic E-state index is -2.88. The molecule has 9 heteroatoms. The van der Waals surface area contributed by atoms with Crippen molar-refractivity contribution >= 4 is 36.4 Å². The molecule has 1 heterocycles. The Morgan fingerprint density at radius 3 is 2.45 bits per heavy atom. The summed E-state index contributed by atoms with van der Waals surface area (Å²) in [7, 11) is 0. The van der Waals surface area contributed by atoms with E-state index < -0.39 is 12.2 Å². The van der Waals surface area contributed by atoms with Crippen LogP contribution in [0.1, 0.15) is 18.9 Å². The van der Waals surface area contributed by atoms with Crippen molar-refractivity contribution in [1.82, 2.24) is 5.32 Å². The van der Waals surface area contributed by atoms with Crippen molar-refractivity contribution in [3.63, 3.8) is 0 Å². The molecule has 160 valence electrons. The zero-order valence-corrected chi connectivity index (χ0v) is 17.5. The maximum absolute atomic E-state index is 12.7. The van der Waals surface area contributed by atoms with E-state index in [-0.39, 0.29) is 42.5 Å². The predicted octanol–water partition coefficient (Wildman–Crippen LogP) is 3.70. The van der Waals surface area contributed by atoms with Gasteiger partial charge in [0.1, 0.15) is 11.3 Å². The molecule has 1 fully saturated rings. The average molecular weight is 448 g/mol. The van der Waals surface area contributed by atoms with Gasteiger partial charge >= 0.3 is 6.61 Å². The molecule has 2 unspecified atom stereocenters. The van der Waals surface area contributed by atoms with E-state index in [0.29, 0.717) is 25.2 Å². The van der Waals surface area contributed by atoms with Crippen LogP contribution < -0.4 is 20.7 Å². The summed E-state index contributed by atoms with van der Waals surface area (Å²) in [6, 6.07) is 15.7. The SMILES string of the molecule is CC(N)(C(=O)NC1CCN(c2ccccc2OC(F)F)C1)c1ccccc1.Cl.Cl. The van der Waals surface area contributed by atoms with Crippen LogP contribution in [0.15, 0.2) is 54.6 Å². The molecule has 1 aliphatic heterocycles. The number of nitrogens with two attached hydrogens (primary N) is 1. The van der Waals surface area contributed by atoms with E-state index >= 15 is 0 Å². The topological polar surface area (TPSA) is 67.6 Å². The molecule has 3 N–H and O–H groups in total. The lowest BCUT2D eigenvalue weighted by molar-refractivity contribution is -0.126. The first-order valence-corrected chi connectivity index (χ1v) is 8.82. The van der Waals surface area contributed by atoms with Gasteiger partial charge < -0.3 is 20.7 Å². The van der Waals surface area contributed by atoms with E-state index in [1.807, 2.05) is 35.2 Å². The number of alkyl halides is 2. The number of carbonyl (C=O) groups is 1. The maximum Gasteiger partial charge on any atom is 0.387 e. The molecule has 1 amide bonds. The second-order valence-electron chi connectivity index (χ2n) is 6.82. The quantitative estimate of drug-likeness (QED) is 0.708. The molecule has 2 aromatic rings. The van der Waals surface area contributed by atoms with Crippen molar-refractivity contribution in [2.24, 2.45) is 5.73 Å². The molecule has 0 bridgehead atoms. The van der Waals surface area contributed by atoms with Crippen molar-refractivity contribution < 1.29 is 18.3 Å². The zero-order valence-electron chi connectivity index (χ0n) is 15.9. The number of anilines is 1. The molecule has 2 aromatic carbocycles. The van der Waals surface area contributed by atoms with Crippen molar-refractivity contribution in [3.05, 3.63) is 60.2 Å². The molecular formula is C20H25Cl2F2N3O2. The molecule has 2 atom stereocenters. The minimum Gasteiger partial charge on any atom is -0.433 e. The monoisotopic (exact) mass is 447 g/mol. The minimum absolute atomic E-state index is 0. The number of hydrogen-bond acceptors (Lipinski definition) is 4. The van der Waals surface area contributed by atoms with Gasteiger partial charge in [-0.25, -0.2) is 0 Å². The molecule has 0 radical (unpaired) electrons. The van der Waals surface area contributed by atoms with Crippen LogP contribution in [0.3, 0.4) is 0 Å². The number of nitrogens with one attached hydrogen (secondary N) is 1. The molecule has 0 saturated carbocycles. The molecule has 3 rings (SSSR count). The van der Waals surface area contributed by atoms with E-state index in [4.69, 9.17) is 5.73 Å². The highest BCUT2D eigenvalue weighted by Crippen LogP contribution is 2.32. The molecule has 1 saturated heterocycles. The van der Waals surface area contributed by atoms with Crippen LogP contribution in [0.4, 0.5) is 14.5 Å². The Labute approximate surface area is 181 Å². The highest BCUT2D eigenvalue weighted by molar-refractivity contribution is 5.87. The number of para-hydroxylation sites is 2. The number of hydrogen-bond donors (Lipinski definition) is 2. The molecule has 0 aromatic heterocycles. The third-order valence-corrected chi connectivity index (χ3v) is 4.79. The summed E-state index contributed by atoms with van der Waals surface area (Å²) in [5, 5.41) is 2.98. The fraction of sp³-hybridized carbons (Fsp3) is 0.350. The Morgan fingerprint density at radius 1 is 1.17 bits per heavy atom. The third-order valence-electron chi connectivity index (χ3n) is 4.79. The molecule has 1 aliphatic rings. The van der Waals surface area contributed by atoms with Gasteiger partial charge in [-0.1, -0.05) is 42.5 Å². The van der Waals surface area contributed by atoms with Crippen LogP contribution in [-0.2, 0) is 10.3 Å². The summed E-state index contributed by atoms with van der Waals surface area (Å²) < 4.78 is 29.8. The maximum atomic E-state index is 12.7. The van der Waals surface area contributed by atoms with Gasteiger partial charge in [0.05, 0.1) is 5.69 Å². The van der Waals surface area contributed by atoms with Crippen LogP contribution >= 0.6 is 24.8 Å². The number of amides is 1. The first-order valence-electron chi connectivity index (χ1n) is 8.82. The second kappa shape index (κ2) is 10.6. The number of benzene rings is 2. The summed E-state index contributed by atoms with van der Waals surface area (Å²) in [6.07, 6.45) is 0.694. The third kappa shape index (κ3) is 5.95. The fourth-order valence-electron chi connectivity index (χ4n) is 3.26. The molecule has 0 aliphatic carbocycles. The largest absolute Gasteiger partial charge is 0.433 e. The zero-order chi connectivity index (χ0) is 19.4. The first-order chi connectivity index (χ1) is 12.9. The van der Waals surface area contributed by atoms with E-state index in [9.17, 15) is 13.6 Å². The lowest BCUT2D eigenvalue weighted by atomic mass is 9.92. The van der Waals surface area contributed by atoms with Crippen LogP contribution in [0, 0.1) is 0 Å². The van der Waals surface area contributed by atoms with Gasteiger partial charge in [0, 0.05) is 19.1 Å². The lowest BCUT2D eigenvalue weighted by Crippen LogP contribution is -2.52. The van der Waals surface area contributed by atoms with Gasteiger partial charge in [0.15, 0.2) is 0 Å². The second-order valence-corrected chi connectivity index (χ2v) is 6.82. The standard InChI is InChI=1S/C20H23F2N3O2.2ClH/c1-20(23,14-7-3-2-4-8-14)18(26)24-15-11-12-25(13-15)16-9-5-6-10-17(16)27-19(21)22;;/h2-10,15,19H,11-13,23H2,1H3,(H,24,26);2*1H. The Morgan fingerprint density at radius 2 is 1.79 bits per heavy atom. The van der Waals surface area contributed by atoms with Crippen molar-refractivity contribution in [3.8, 4) is 5.75 Å². The van der Waals surface area contributed by atoms with Crippen LogP contribution in [0.25, 0.3) is 0 Å². The molecule has 29 heavy (non-hydrogen) atoms. The van der Waals surface area contributed by atoms with Gasteiger partial charge in [-0.05, 0) is 31.0 Å². The van der Waals surface area contributed by atoms with Crippen molar-refractivity contribution in [2.45, 2.75) is 31.5 Å². The van der Waals surface area contributed by atoms with Crippen molar-refractivity contribution in [1.29, 1.82) is 0 Å². The Hall–Kier alpha value is -2.09. The van der Waals surface area contributed by atoms with E-state index in [2.05, 4.69) is 10.1 Å². The number of carbonyl (C=O) groups excluding carboxylic acids is 1. The van der Waals surface area contributed by atoms with E-state index in [0.717, 1.165) is 5.56 Å². The van der Waals surface area contributed by atoms with Crippen LogP contribution in [-0.4, -0.2) is 31.7 Å². The van der Waals surface area contributed by atoms with Crippen molar-refractivity contribution in [2.75, 3.05) is 18.0 Å². The summed E-state index contributed by atoms with van der Waals surface area (Å²) in [5.74, 6) is -0.134. The Balaban J connectivity index is 0.00000210. The van der Waals surface area contributed by atoms with E-state index in [1.54, 1.807) is 25.1 Å². The van der Waals surface area contributed by atoms with Gasteiger partial charge in [0.2, 0.25) is 5.91 Å². The van der Waals surface area contributed by atoms with Crippen LogP contribution in [0.2, 0.25) is 0 Å². The summed E-state index contributed by atoms with van der Waals surface area (Å²) in [6.45, 7) is -0.0783. The summed E-state index contributed by atoms with van der Waals surface area (Å²) >= 11 is 0. The van der Waals surface area contributed by atoms with Gasteiger partial charge in [-0.3, -0.25) is 4.79 Å². The van der Waals surface area contributed by atoms with Gasteiger partial charge in [-0.15, -0.1) is 24.8 Å².